The summed E-state index contributed by atoms with van der Waals surface area (Å²) < 4.78 is 38.6. The quantitative estimate of drug-likeness (QED) is 0.860. The van der Waals surface area contributed by atoms with Gasteiger partial charge in [-0.1, -0.05) is 18.2 Å². The standard InChI is InChI=1S/C13H11F3N2/c14-13(15,16)10-4-2-1-3-9(10)11-7-17-12(18-11)8-5-6-8/h1-4,7-8H,5-6H2,(H,17,18). The largest absolute Gasteiger partial charge is 0.417 e. The molecule has 2 nitrogen and oxygen atoms in total. The maximum Gasteiger partial charge on any atom is 0.417 e. The third kappa shape index (κ3) is 2.00. The number of H-pyrrole nitrogens is 1. The zero-order valence-electron chi connectivity index (χ0n) is 9.46. The van der Waals surface area contributed by atoms with E-state index in [2.05, 4.69) is 9.97 Å². The summed E-state index contributed by atoms with van der Waals surface area (Å²) in [5.41, 5.74) is -0.0368. The average Bonchev–Trinajstić information content (AvgIpc) is 3.06. The minimum Gasteiger partial charge on any atom is -0.342 e. The van der Waals surface area contributed by atoms with Crippen LogP contribution in [0, 0.1) is 0 Å². The van der Waals surface area contributed by atoms with Crippen molar-refractivity contribution in [2.45, 2.75) is 24.9 Å². The van der Waals surface area contributed by atoms with Crippen molar-refractivity contribution in [2.24, 2.45) is 0 Å². The van der Waals surface area contributed by atoms with Gasteiger partial charge >= 0.3 is 6.18 Å². The highest BCUT2D eigenvalue weighted by molar-refractivity contribution is 5.64. The fourth-order valence-corrected chi connectivity index (χ4v) is 2.00. The lowest BCUT2D eigenvalue weighted by atomic mass is 10.1. The average molecular weight is 252 g/mol. The lowest BCUT2D eigenvalue weighted by molar-refractivity contribution is -0.137. The summed E-state index contributed by atoms with van der Waals surface area (Å²) >= 11 is 0. The molecule has 1 aliphatic rings. The van der Waals surface area contributed by atoms with Gasteiger partial charge in [0.2, 0.25) is 0 Å². The van der Waals surface area contributed by atoms with Gasteiger partial charge in [-0.3, -0.25) is 0 Å². The number of hydrogen-bond acceptors (Lipinski definition) is 1. The van der Waals surface area contributed by atoms with Gasteiger partial charge in [-0.2, -0.15) is 13.2 Å². The molecule has 1 aromatic carbocycles. The number of hydrogen-bond donors (Lipinski definition) is 1. The fourth-order valence-electron chi connectivity index (χ4n) is 2.00. The van der Waals surface area contributed by atoms with Gasteiger partial charge in [0.05, 0.1) is 17.5 Å². The third-order valence-corrected chi connectivity index (χ3v) is 3.08. The van der Waals surface area contributed by atoms with E-state index in [1.807, 2.05) is 0 Å². The van der Waals surface area contributed by atoms with Crippen LogP contribution in [-0.4, -0.2) is 9.97 Å². The molecule has 5 heteroatoms. The SMILES string of the molecule is FC(F)(F)c1ccccc1-c1cnc(C2CC2)[nH]1. The van der Waals surface area contributed by atoms with Gasteiger partial charge in [0.15, 0.2) is 0 Å². The van der Waals surface area contributed by atoms with Gasteiger partial charge in [0, 0.05) is 11.5 Å². The van der Waals surface area contributed by atoms with Gasteiger partial charge in [-0.05, 0) is 18.9 Å². The molecular weight excluding hydrogens is 241 g/mol. The van der Waals surface area contributed by atoms with Crippen molar-refractivity contribution in [3.05, 3.63) is 41.9 Å². The lowest BCUT2D eigenvalue weighted by Gasteiger charge is -2.10. The molecule has 1 aromatic heterocycles. The van der Waals surface area contributed by atoms with Crippen LogP contribution in [0.4, 0.5) is 13.2 Å². The van der Waals surface area contributed by atoms with Crippen LogP contribution in [0.5, 0.6) is 0 Å². The highest BCUT2D eigenvalue weighted by atomic mass is 19.4. The van der Waals surface area contributed by atoms with E-state index < -0.39 is 11.7 Å². The smallest absolute Gasteiger partial charge is 0.342 e. The molecule has 1 saturated carbocycles. The molecule has 0 spiro atoms. The molecule has 0 aliphatic heterocycles. The van der Waals surface area contributed by atoms with E-state index in [9.17, 15) is 13.2 Å². The Hall–Kier alpha value is -1.78. The normalized spacial score (nSPS) is 15.9. The Balaban J connectivity index is 2.04. The van der Waals surface area contributed by atoms with E-state index in [1.54, 1.807) is 6.07 Å². The molecule has 94 valence electrons. The van der Waals surface area contributed by atoms with Crippen LogP contribution in [0.15, 0.2) is 30.5 Å². The van der Waals surface area contributed by atoms with Crippen LogP contribution in [0.2, 0.25) is 0 Å². The number of rotatable bonds is 2. The predicted octanol–water partition coefficient (Wildman–Crippen LogP) is 3.97. The summed E-state index contributed by atoms with van der Waals surface area (Å²) in [4.78, 5) is 7.15. The Morgan fingerprint density at radius 2 is 1.89 bits per heavy atom. The van der Waals surface area contributed by atoms with E-state index >= 15 is 0 Å². The molecule has 0 bridgehead atoms. The summed E-state index contributed by atoms with van der Waals surface area (Å²) in [7, 11) is 0. The van der Waals surface area contributed by atoms with E-state index in [0.29, 0.717) is 11.6 Å². The highest BCUT2D eigenvalue weighted by Crippen LogP contribution is 2.40. The number of halogens is 3. The first-order valence-electron chi connectivity index (χ1n) is 5.77. The Labute approximate surface area is 102 Å². The number of aromatic nitrogens is 2. The second kappa shape index (κ2) is 3.86. The molecule has 1 aliphatic carbocycles. The van der Waals surface area contributed by atoms with Gasteiger partial charge in [0.1, 0.15) is 5.82 Å². The number of alkyl halides is 3. The van der Waals surface area contributed by atoms with Gasteiger partial charge in [-0.15, -0.1) is 0 Å². The van der Waals surface area contributed by atoms with Crippen LogP contribution in [0.25, 0.3) is 11.3 Å². The Bertz CT molecular complexity index is 568. The van der Waals surface area contributed by atoms with E-state index in [4.69, 9.17) is 0 Å². The molecule has 0 saturated heterocycles. The van der Waals surface area contributed by atoms with E-state index in [-0.39, 0.29) is 5.56 Å². The van der Waals surface area contributed by atoms with Crippen LogP contribution in [-0.2, 0) is 6.18 Å². The topological polar surface area (TPSA) is 28.7 Å². The van der Waals surface area contributed by atoms with Gasteiger partial charge in [-0.25, -0.2) is 4.98 Å². The number of benzene rings is 1. The summed E-state index contributed by atoms with van der Waals surface area (Å²) in [6, 6.07) is 5.55. The monoisotopic (exact) mass is 252 g/mol. The summed E-state index contributed by atoms with van der Waals surface area (Å²) in [6.45, 7) is 0. The Morgan fingerprint density at radius 3 is 2.56 bits per heavy atom. The van der Waals surface area contributed by atoms with Crippen molar-refractivity contribution < 1.29 is 13.2 Å². The predicted molar refractivity (Wildman–Crippen MR) is 61.0 cm³/mol. The summed E-state index contributed by atoms with van der Waals surface area (Å²) in [5, 5.41) is 0. The maximum atomic E-state index is 12.9. The lowest BCUT2D eigenvalue weighted by Crippen LogP contribution is -2.06. The first kappa shape index (κ1) is 11.3. The van der Waals surface area contributed by atoms with Crippen molar-refractivity contribution in [1.82, 2.24) is 9.97 Å². The number of aromatic amines is 1. The molecule has 1 N–H and O–H groups in total. The first-order chi connectivity index (χ1) is 8.55. The first-order valence-corrected chi connectivity index (χ1v) is 5.77. The molecule has 0 atom stereocenters. The summed E-state index contributed by atoms with van der Waals surface area (Å²) in [6.07, 6.45) is -0.735. The Kier molecular flexibility index (Phi) is 2.43. The molecule has 1 heterocycles. The molecule has 2 aromatic rings. The van der Waals surface area contributed by atoms with Crippen molar-refractivity contribution in [1.29, 1.82) is 0 Å². The van der Waals surface area contributed by atoms with Gasteiger partial charge < -0.3 is 4.98 Å². The third-order valence-electron chi connectivity index (χ3n) is 3.08. The molecule has 18 heavy (non-hydrogen) atoms. The molecular formula is C13H11F3N2. The van der Waals surface area contributed by atoms with Crippen molar-refractivity contribution in [2.75, 3.05) is 0 Å². The second-order valence-corrected chi connectivity index (χ2v) is 4.50. The molecule has 3 rings (SSSR count). The summed E-state index contributed by atoms with van der Waals surface area (Å²) in [5.74, 6) is 1.19. The molecule has 0 amide bonds. The molecule has 0 unspecified atom stereocenters. The zero-order valence-corrected chi connectivity index (χ0v) is 9.46. The zero-order chi connectivity index (χ0) is 12.8. The number of nitrogens with one attached hydrogen (secondary N) is 1. The minimum absolute atomic E-state index is 0.157. The van der Waals surface area contributed by atoms with E-state index in [0.717, 1.165) is 24.7 Å². The van der Waals surface area contributed by atoms with Crippen LogP contribution in [0.1, 0.15) is 30.1 Å². The van der Waals surface area contributed by atoms with Gasteiger partial charge in [0.25, 0.3) is 0 Å². The maximum absolute atomic E-state index is 12.9. The fraction of sp³-hybridized carbons (Fsp3) is 0.308. The van der Waals surface area contributed by atoms with Crippen LogP contribution >= 0.6 is 0 Å². The number of imidazole rings is 1. The van der Waals surface area contributed by atoms with Crippen molar-refractivity contribution >= 4 is 0 Å². The second-order valence-electron chi connectivity index (χ2n) is 4.50. The van der Waals surface area contributed by atoms with E-state index in [1.165, 1.54) is 18.3 Å². The van der Waals surface area contributed by atoms with Crippen LogP contribution < -0.4 is 0 Å². The Morgan fingerprint density at radius 1 is 1.17 bits per heavy atom. The molecule has 0 radical (unpaired) electrons. The van der Waals surface area contributed by atoms with Crippen molar-refractivity contribution in [3.8, 4) is 11.3 Å². The highest BCUT2D eigenvalue weighted by Gasteiger charge is 2.34. The minimum atomic E-state index is -4.35. The molecule has 1 fully saturated rings. The number of nitrogens with zero attached hydrogens (tertiary/aromatic N) is 1. The van der Waals surface area contributed by atoms with Crippen LogP contribution in [0.3, 0.4) is 0 Å². The van der Waals surface area contributed by atoms with Crippen molar-refractivity contribution in [3.63, 3.8) is 0 Å².